The molecule has 0 bridgehead atoms. The molecule has 1 aliphatic carbocycles. The second kappa shape index (κ2) is 9.35. The standard InChI is InChI=1S/C25H25ClN2O3S/c1-18-6-4-9-21(16-18)28(32(30,31)22-14-12-20(26)13-15-22)17-25(29)27-24-11-5-8-19-7-2-3-10-23(19)24/h2-4,6-7,9-10,12-16,24H,5,8,11,17H2,1H3,(H,27,29). The molecule has 32 heavy (non-hydrogen) atoms. The topological polar surface area (TPSA) is 66.5 Å². The molecular formula is C25H25ClN2O3S. The molecule has 4 rings (SSSR count). The number of rotatable bonds is 6. The van der Waals surface area contributed by atoms with Gasteiger partial charge >= 0.3 is 0 Å². The third-order valence-corrected chi connectivity index (χ3v) is 7.72. The fraction of sp³-hybridized carbons (Fsp3) is 0.240. The van der Waals surface area contributed by atoms with E-state index in [4.69, 9.17) is 11.6 Å². The van der Waals surface area contributed by atoms with Crippen LogP contribution in [-0.4, -0.2) is 20.9 Å². The molecule has 0 fully saturated rings. The van der Waals surface area contributed by atoms with Crippen LogP contribution in [0.1, 0.15) is 35.6 Å². The number of benzene rings is 3. The summed E-state index contributed by atoms with van der Waals surface area (Å²) >= 11 is 5.94. The van der Waals surface area contributed by atoms with Crippen LogP contribution >= 0.6 is 11.6 Å². The molecule has 166 valence electrons. The van der Waals surface area contributed by atoms with Crippen molar-refractivity contribution in [3.05, 3.63) is 94.5 Å². The van der Waals surface area contributed by atoms with Crippen LogP contribution in [-0.2, 0) is 21.2 Å². The quantitative estimate of drug-likeness (QED) is 0.551. The third-order valence-electron chi connectivity index (χ3n) is 5.68. The van der Waals surface area contributed by atoms with Crippen molar-refractivity contribution in [2.45, 2.75) is 37.1 Å². The largest absolute Gasteiger partial charge is 0.348 e. The number of aryl methyl sites for hydroxylation is 2. The molecule has 0 saturated heterocycles. The second-order valence-electron chi connectivity index (χ2n) is 8.02. The van der Waals surface area contributed by atoms with Crippen molar-refractivity contribution >= 4 is 33.2 Å². The normalized spacial score (nSPS) is 15.6. The molecule has 3 aromatic carbocycles. The van der Waals surface area contributed by atoms with E-state index in [1.54, 1.807) is 18.2 Å². The highest BCUT2D eigenvalue weighted by molar-refractivity contribution is 7.92. The van der Waals surface area contributed by atoms with Crippen molar-refractivity contribution in [1.29, 1.82) is 0 Å². The Labute approximate surface area is 194 Å². The average molecular weight is 469 g/mol. The van der Waals surface area contributed by atoms with E-state index in [0.29, 0.717) is 10.7 Å². The van der Waals surface area contributed by atoms with Gasteiger partial charge in [-0.05, 0) is 79.3 Å². The fourth-order valence-corrected chi connectivity index (χ4v) is 5.65. The Hall–Kier alpha value is -2.83. The number of carbonyl (C=O) groups excluding carboxylic acids is 1. The van der Waals surface area contributed by atoms with E-state index in [1.165, 1.54) is 29.8 Å². The van der Waals surface area contributed by atoms with E-state index < -0.39 is 10.0 Å². The summed E-state index contributed by atoms with van der Waals surface area (Å²) in [5.41, 5.74) is 3.68. The summed E-state index contributed by atoms with van der Waals surface area (Å²) < 4.78 is 28.1. The summed E-state index contributed by atoms with van der Waals surface area (Å²) in [4.78, 5) is 13.2. The Bertz CT molecular complexity index is 1230. The Balaban J connectivity index is 1.63. The maximum absolute atomic E-state index is 13.5. The number of sulfonamides is 1. The van der Waals surface area contributed by atoms with Gasteiger partial charge < -0.3 is 5.32 Å². The summed E-state index contributed by atoms with van der Waals surface area (Å²) in [5, 5.41) is 3.50. The highest BCUT2D eigenvalue weighted by Crippen LogP contribution is 2.30. The predicted molar refractivity (Wildman–Crippen MR) is 127 cm³/mol. The monoisotopic (exact) mass is 468 g/mol. The van der Waals surface area contributed by atoms with Gasteiger partial charge in [-0.2, -0.15) is 0 Å². The lowest BCUT2D eigenvalue weighted by atomic mass is 9.88. The Morgan fingerprint density at radius 3 is 2.56 bits per heavy atom. The number of carbonyl (C=O) groups is 1. The smallest absolute Gasteiger partial charge is 0.264 e. The summed E-state index contributed by atoms with van der Waals surface area (Å²) in [6, 6.07) is 21.1. The lowest BCUT2D eigenvalue weighted by Gasteiger charge is -2.29. The molecule has 0 aliphatic heterocycles. The van der Waals surface area contributed by atoms with Crippen molar-refractivity contribution < 1.29 is 13.2 Å². The molecule has 1 amide bonds. The van der Waals surface area contributed by atoms with Crippen LogP contribution < -0.4 is 9.62 Å². The fourth-order valence-electron chi connectivity index (χ4n) is 4.11. The van der Waals surface area contributed by atoms with Crippen LogP contribution in [0.25, 0.3) is 0 Å². The van der Waals surface area contributed by atoms with Gasteiger partial charge in [-0.25, -0.2) is 8.42 Å². The van der Waals surface area contributed by atoms with Crippen LogP contribution in [0.15, 0.2) is 77.7 Å². The van der Waals surface area contributed by atoms with Crippen LogP contribution in [0.4, 0.5) is 5.69 Å². The first-order valence-corrected chi connectivity index (χ1v) is 12.4. The number of nitrogens with one attached hydrogen (secondary N) is 1. The van der Waals surface area contributed by atoms with Crippen molar-refractivity contribution in [1.82, 2.24) is 5.32 Å². The summed E-state index contributed by atoms with van der Waals surface area (Å²) in [7, 11) is -3.97. The van der Waals surface area contributed by atoms with Crippen LogP contribution in [0.5, 0.6) is 0 Å². The molecule has 0 saturated carbocycles. The SMILES string of the molecule is Cc1cccc(N(CC(=O)NC2CCCc3ccccc32)S(=O)(=O)c2ccc(Cl)cc2)c1. The summed E-state index contributed by atoms with van der Waals surface area (Å²) in [6.45, 7) is 1.57. The zero-order valence-corrected chi connectivity index (χ0v) is 19.4. The van der Waals surface area contributed by atoms with Gasteiger partial charge in [0.1, 0.15) is 6.54 Å². The highest BCUT2D eigenvalue weighted by atomic mass is 35.5. The van der Waals surface area contributed by atoms with E-state index in [-0.39, 0.29) is 23.4 Å². The lowest BCUT2D eigenvalue weighted by Crippen LogP contribution is -2.42. The van der Waals surface area contributed by atoms with E-state index in [2.05, 4.69) is 11.4 Å². The summed E-state index contributed by atoms with van der Waals surface area (Å²) in [6.07, 6.45) is 2.80. The number of halogens is 1. The molecule has 7 heteroatoms. The first kappa shape index (κ1) is 22.4. The zero-order chi connectivity index (χ0) is 22.7. The number of nitrogens with zero attached hydrogens (tertiary/aromatic N) is 1. The first-order valence-electron chi connectivity index (χ1n) is 10.6. The minimum atomic E-state index is -3.97. The van der Waals surface area contributed by atoms with Gasteiger partial charge in [0.25, 0.3) is 10.0 Å². The van der Waals surface area contributed by atoms with Crippen molar-refractivity contribution in [2.75, 3.05) is 10.8 Å². The Kier molecular flexibility index (Phi) is 6.53. The maximum atomic E-state index is 13.5. The van der Waals surface area contributed by atoms with Gasteiger partial charge in [0.2, 0.25) is 5.91 Å². The number of amides is 1. The molecule has 5 nitrogen and oxygen atoms in total. The lowest BCUT2D eigenvalue weighted by molar-refractivity contribution is -0.120. The minimum Gasteiger partial charge on any atom is -0.348 e. The van der Waals surface area contributed by atoms with Gasteiger partial charge in [0, 0.05) is 5.02 Å². The molecular weight excluding hydrogens is 444 g/mol. The number of fused-ring (bicyclic) bond motifs is 1. The third kappa shape index (κ3) is 4.81. The van der Waals surface area contributed by atoms with Crippen molar-refractivity contribution in [3.8, 4) is 0 Å². The second-order valence-corrected chi connectivity index (χ2v) is 10.3. The first-order chi connectivity index (χ1) is 15.3. The summed E-state index contributed by atoms with van der Waals surface area (Å²) in [5.74, 6) is -0.342. The zero-order valence-electron chi connectivity index (χ0n) is 17.8. The van der Waals surface area contributed by atoms with Crippen LogP contribution in [0, 0.1) is 6.92 Å². The van der Waals surface area contributed by atoms with Crippen LogP contribution in [0.3, 0.4) is 0 Å². The molecule has 1 unspecified atom stereocenters. The number of hydrogen-bond acceptors (Lipinski definition) is 3. The molecule has 0 heterocycles. The molecule has 1 aliphatic rings. The van der Waals surface area contributed by atoms with E-state index in [9.17, 15) is 13.2 Å². The van der Waals surface area contributed by atoms with E-state index in [1.807, 2.05) is 31.2 Å². The molecule has 1 atom stereocenters. The average Bonchev–Trinajstić information content (AvgIpc) is 2.78. The van der Waals surface area contributed by atoms with Gasteiger partial charge in [0.05, 0.1) is 16.6 Å². The minimum absolute atomic E-state index is 0.0826. The molecule has 1 N–H and O–H groups in total. The van der Waals surface area contributed by atoms with Gasteiger partial charge in [-0.15, -0.1) is 0 Å². The molecule has 0 radical (unpaired) electrons. The van der Waals surface area contributed by atoms with E-state index in [0.717, 1.165) is 34.7 Å². The van der Waals surface area contributed by atoms with E-state index >= 15 is 0 Å². The van der Waals surface area contributed by atoms with Gasteiger partial charge in [-0.1, -0.05) is 48.0 Å². The Morgan fingerprint density at radius 1 is 1.06 bits per heavy atom. The van der Waals surface area contributed by atoms with Crippen molar-refractivity contribution in [2.24, 2.45) is 0 Å². The molecule has 3 aromatic rings. The van der Waals surface area contributed by atoms with Crippen molar-refractivity contribution in [3.63, 3.8) is 0 Å². The van der Waals surface area contributed by atoms with Gasteiger partial charge in [0.15, 0.2) is 0 Å². The predicted octanol–water partition coefficient (Wildman–Crippen LogP) is 5.04. The maximum Gasteiger partial charge on any atom is 0.264 e. The number of anilines is 1. The molecule has 0 aromatic heterocycles. The van der Waals surface area contributed by atoms with Crippen LogP contribution in [0.2, 0.25) is 5.02 Å². The molecule has 0 spiro atoms. The number of hydrogen-bond donors (Lipinski definition) is 1. The highest BCUT2D eigenvalue weighted by Gasteiger charge is 2.29. The van der Waals surface area contributed by atoms with Gasteiger partial charge in [-0.3, -0.25) is 9.10 Å². The Morgan fingerprint density at radius 2 is 1.81 bits per heavy atom.